The average molecular weight is 708 g/mol. The lowest BCUT2D eigenvalue weighted by atomic mass is 10.0. The maximum absolute atomic E-state index is 6.71. The quantitative estimate of drug-likeness (QED) is 0.179. The van der Waals surface area contributed by atoms with E-state index in [0.29, 0.717) is 11.5 Å². The first-order valence-corrected chi connectivity index (χ1v) is 18.9. The van der Waals surface area contributed by atoms with E-state index in [1.807, 2.05) is 12.1 Å². The number of aromatic nitrogens is 3. The summed E-state index contributed by atoms with van der Waals surface area (Å²) in [5.74, 6) is 1.41. The van der Waals surface area contributed by atoms with Crippen LogP contribution in [-0.4, -0.2) is 14.5 Å². The van der Waals surface area contributed by atoms with E-state index in [1.165, 1.54) is 20.2 Å². The molecule has 0 amide bonds. The Morgan fingerprint density at radius 1 is 0.426 bits per heavy atom. The number of furan rings is 2. The molecule has 54 heavy (non-hydrogen) atoms. The van der Waals surface area contributed by atoms with Crippen LogP contribution in [0.25, 0.3) is 125 Å². The van der Waals surface area contributed by atoms with Crippen LogP contribution in [0, 0.1) is 0 Å². The van der Waals surface area contributed by atoms with Gasteiger partial charge in [0.15, 0.2) is 11.6 Å². The van der Waals surface area contributed by atoms with E-state index in [4.69, 9.17) is 18.8 Å². The summed E-state index contributed by atoms with van der Waals surface area (Å²) < 4.78 is 17.9. The topological polar surface area (TPSA) is 57.0 Å². The molecule has 0 aliphatic heterocycles. The fraction of sp³-hybridized carbons (Fsp3) is 0. The Bertz CT molecular complexity index is 3750. The lowest BCUT2D eigenvalue weighted by Gasteiger charge is -2.12. The van der Waals surface area contributed by atoms with Gasteiger partial charge in [-0.2, -0.15) is 4.98 Å². The number of fused-ring (bicyclic) bond motifs is 16. The van der Waals surface area contributed by atoms with Crippen molar-refractivity contribution in [2.75, 3.05) is 0 Å². The molecule has 5 nitrogen and oxygen atoms in total. The van der Waals surface area contributed by atoms with Gasteiger partial charge < -0.3 is 8.83 Å². The summed E-state index contributed by atoms with van der Waals surface area (Å²) in [6.45, 7) is 0. The Balaban J connectivity index is 1.20. The van der Waals surface area contributed by atoms with Crippen molar-refractivity contribution in [2.45, 2.75) is 0 Å². The molecular weight excluding hydrogens is 683 g/mol. The second-order valence-electron chi connectivity index (χ2n) is 14.1. The normalized spacial score (nSPS) is 12.4. The highest BCUT2D eigenvalue weighted by Crippen LogP contribution is 2.44. The van der Waals surface area contributed by atoms with E-state index >= 15 is 0 Å². The van der Waals surface area contributed by atoms with Crippen LogP contribution < -0.4 is 0 Å². The molecule has 0 saturated carbocycles. The van der Waals surface area contributed by atoms with Gasteiger partial charge in [-0.1, -0.05) is 103 Å². The summed E-state index contributed by atoms with van der Waals surface area (Å²) in [5.41, 5.74) is 6.18. The van der Waals surface area contributed by atoms with Gasteiger partial charge in [0.1, 0.15) is 16.7 Å². The van der Waals surface area contributed by atoms with Crippen molar-refractivity contribution in [3.63, 3.8) is 0 Å². The summed E-state index contributed by atoms with van der Waals surface area (Å²) in [5, 5.41) is 13.5. The van der Waals surface area contributed by atoms with E-state index in [1.54, 1.807) is 11.3 Å². The average Bonchev–Trinajstić information content (AvgIpc) is 3.98. The summed E-state index contributed by atoms with van der Waals surface area (Å²) in [6, 6.07) is 53.7. The molecule has 0 fully saturated rings. The molecule has 250 valence electrons. The number of hydrogen-bond acceptors (Lipinski definition) is 5. The number of para-hydroxylation sites is 2. The third-order valence-corrected chi connectivity index (χ3v) is 12.3. The van der Waals surface area contributed by atoms with E-state index in [0.717, 1.165) is 93.0 Å². The summed E-state index contributed by atoms with van der Waals surface area (Å²) in [6.07, 6.45) is 0. The lowest BCUT2D eigenvalue weighted by Crippen LogP contribution is -2.02. The minimum absolute atomic E-state index is 0.563. The number of nitrogens with zero attached hydrogens (tertiary/aromatic N) is 3. The maximum Gasteiger partial charge on any atom is 0.233 e. The highest BCUT2D eigenvalue weighted by atomic mass is 32.1. The van der Waals surface area contributed by atoms with Crippen molar-refractivity contribution >= 4 is 119 Å². The minimum Gasteiger partial charge on any atom is -0.456 e. The summed E-state index contributed by atoms with van der Waals surface area (Å²) >= 11 is 1.80. The highest BCUT2D eigenvalue weighted by Gasteiger charge is 2.24. The zero-order valence-electron chi connectivity index (χ0n) is 28.5. The van der Waals surface area contributed by atoms with Crippen molar-refractivity contribution < 1.29 is 8.83 Å². The van der Waals surface area contributed by atoms with Gasteiger partial charge in [-0.25, -0.2) is 4.98 Å². The predicted octanol–water partition coefficient (Wildman–Crippen LogP) is 13.7. The van der Waals surface area contributed by atoms with Crippen molar-refractivity contribution in [2.24, 2.45) is 0 Å². The molecule has 0 bridgehead atoms. The SMILES string of the molecule is c1ccc2c(c1)ccc1oc3nc(-c4ccc5c(c4)sc4ccccc45)nc(-n4c5ccccc5c5cc6ccc7oc8ccccc8c7c6cc54)c3c12. The van der Waals surface area contributed by atoms with Crippen molar-refractivity contribution in [3.05, 3.63) is 152 Å². The molecule has 0 spiro atoms. The molecule has 0 atom stereocenters. The van der Waals surface area contributed by atoms with Crippen LogP contribution in [-0.2, 0) is 0 Å². The van der Waals surface area contributed by atoms with Crippen molar-refractivity contribution in [3.8, 4) is 17.2 Å². The smallest absolute Gasteiger partial charge is 0.233 e. The van der Waals surface area contributed by atoms with Gasteiger partial charge >= 0.3 is 0 Å². The fourth-order valence-electron chi connectivity index (χ4n) is 8.82. The number of thiophene rings is 1. The van der Waals surface area contributed by atoms with Crippen LogP contribution in [0.4, 0.5) is 0 Å². The van der Waals surface area contributed by atoms with Crippen LogP contribution in [0.1, 0.15) is 0 Å². The van der Waals surface area contributed by atoms with Gasteiger partial charge in [-0.05, 0) is 70.1 Å². The molecule has 0 aliphatic carbocycles. The Hall–Kier alpha value is -7.02. The first kappa shape index (κ1) is 28.6. The van der Waals surface area contributed by atoms with Gasteiger partial charge in [-0.15, -0.1) is 11.3 Å². The van der Waals surface area contributed by atoms with Crippen LogP contribution in [0.2, 0.25) is 0 Å². The van der Waals surface area contributed by atoms with Gasteiger partial charge in [0.2, 0.25) is 5.71 Å². The molecule has 5 heterocycles. The fourth-order valence-corrected chi connectivity index (χ4v) is 9.96. The molecule has 0 radical (unpaired) electrons. The molecular formula is C48H25N3O2S. The second-order valence-corrected chi connectivity index (χ2v) is 15.2. The van der Waals surface area contributed by atoms with E-state index in [-0.39, 0.29) is 0 Å². The van der Waals surface area contributed by atoms with Crippen LogP contribution >= 0.6 is 11.3 Å². The molecule has 13 aromatic rings. The van der Waals surface area contributed by atoms with Crippen molar-refractivity contribution in [1.29, 1.82) is 0 Å². The van der Waals surface area contributed by atoms with Crippen LogP contribution in [0.5, 0.6) is 0 Å². The molecule has 13 rings (SSSR count). The van der Waals surface area contributed by atoms with Crippen LogP contribution in [0.3, 0.4) is 0 Å². The number of hydrogen-bond donors (Lipinski definition) is 0. The third-order valence-electron chi connectivity index (χ3n) is 11.2. The number of benzene rings is 8. The Labute approximate surface area is 309 Å². The minimum atomic E-state index is 0.563. The Morgan fingerprint density at radius 2 is 1.17 bits per heavy atom. The predicted molar refractivity (Wildman–Crippen MR) is 224 cm³/mol. The van der Waals surface area contributed by atoms with E-state index in [2.05, 4.69) is 144 Å². The van der Waals surface area contributed by atoms with Gasteiger partial charge in [-0.3, -0.25) is 4.57 Å². The molecule has 0 aliphatic rings. The summed E-state index contributed by atoms with van der Waals surface area (Å²) in [4.78, 5) is 10.8. The standard InChI is InChI=1S/C48H25N3O2S/c1-2-10-29-26(9-1)18-21-40-44(29)45-47(49-46(50-48(45)53-40)28-17-20-32-31-12-5-8-16-41(31)54-42(32)24-28)51-36-14-6-3-11-30(36)35-23-27-19-22-39-43(34(27)25-37(35)51)33-13-4-7-15-38(33)52-39/h1-25H. The summed E-state index contributed by atoms with van der Waals surface area (Å²) in [7, 11) is 0. The molecule has 6 heteroatoms. The van der Waals surface area contributed by atoms with E-state index in [9.17, 15) is 0 Å². The highest BCUT2D eigenvalue weighted by molar-refractivity contribution is 7.25. The van der Waals surface area contributed by atoms with Gasteiger partial charge in [0.25, 0.3) is 0 Å². The van der Waals surface area contributed by atoms with E-state index < -0.39 is 0 Å². The third kappa shape index (κ3) is 3.77. The lowest BCUT2D eigenvalue weighted by molar-refractivity contribution is 0.653. The molecule has 5 aromatic heterocycles. The van der Waals surface area contributed by atoms with Crippen LogP contribution in [0.15, 0.2) is 160 Å². The monoisotopic (exact) mass is 707 g/mol. The molecule has 0 saturated heterocycles. The zero-order chi connectivity index (χ0) is 35.1. The van der Waals surface area contributed by atoms with Gasteiger partial charge in [0.05, 0.1) is 16.4 Å². The second kappa shape index (κ2) is 10.3. The molecule has 8 aromatic carbocycles. The largest absolute Gasteiger partial charge is 0.456 e. The number of rotatable bonds is 2. The van der Waals surface area contributed by atoms with Crippen molar-refractivity contribution in [1.82, 2.24) is 14.5 Å². The van der Waals surface area contributed by atoms with Gasteiger partial charge in [0, 0.05) is 52.7 Å². The molecule has 0 N–H and O–H groups in total. The zero-order valence-corrected chi connectivity index (χ0v) is 29.3. The Morgan fingerprint density at radius 3 is 2.09 bits per heavy atom. The first-order valence-electron chi connectivity index (χ1n) is 18.1. The molecule has 0 unspecified atom stereocenters. The maximum atomic E-state index is 6.71. The Kier molecular flexibility index (Phi) is 5.45. The first-order chi connectivity index (χ1) is 26.7.